The van der Waals surface area contributed by atoms with Gasteiger partial charge in [0.15, 0.2) is 11.5 Å². The minimum absolute atomic E-state index is 0.00394. The molecule has 0 saturated heterocycles. The molecule has 2 aromatic carbocycles. The number of benzene rings is 2. The average molecular weight is 302 g/mol. The first-order valence-corrected chi connectivity index (χ1v) is 7.83. The average Bonchev–Trinajstić information content (AvgIpc) is 2.95. The maximum absolute atomic E-state index is 9.22. The lowest BCUT2D eigenvalue weighted by Gasteiger charge is -2.14. The van der Waals surface area contributed by atoms with E-state index in [1.165, 1.54) is 10.5 Å². The van der Waals surface area contributed by atoms with Crippen molar-refractivity contribution in [1.29, 1.82) is 0 Å². The van der Waals surface area contributed by atoms with Crippen LogP contribution in [0.15, 0.2) is 47.4 Å². The van der Waals surface area contributed by atoms with Crippen molar-refractivity contribution < 1.29 is 14.6 Å². The zero-order valence-electron chi connectivity index (χ0n) is 11.9. The number of ether oxygens (including phenoxy) is 2. The van der Waals surface area contributed by atoms with E-state index in [1.807, 2.05) is 30.0 Å². The van der Waals surface area contributed by atoms with E-state index in [0.29, 0.717) is 23.4 Å². The van der Waals surface area contributed by atoms with Crippen molar-refractivity contribution in [3.05, 3.63) is 53.6 Å². The number of aliphatic hydroxyl groups is 1. The molecule has 3 rings (SSSR count). The highest BCUT2D eigenvalue weighted by molar-refractivity contribution is 8.00. The fraction of sp³-hybridized carbons (Fsp3) is 0.294. The summed E-state index contributed by atoms with van der Waals surface area (Å²) in [4.78, 5) is 1.35. The van der Waals surface area contributed by atoms with Crippen LogP contribution in [-0.4, -0.2) is 24.1 Å². The zero-order valence-corrected chi connectivity index (χ0v) is 12.7. The van der Waals surface area contributed by atoms with Crippen molar-refractivity contribution in [3.63, 3.8) is 0 Å². The van der Waals surface area contributed by atoms with Crippen molar-refractivity contribution >= 4 is 11.8 Å². The summed E-state index contributed by atoms with van der Waals surface area (Å²) in [5.74, 6) is 1.40. The second-order valence-electron chi connectivity index (χ2n) is 5.01. The van der Waals surface area contributed by atoms with Crippen molar-refractivity contribution in [2.45, 2.75) is 23.2 Å². The van der Waals surface area contributed by atoms with Crippen LogP contribution in [0.25, 0.3) is 0 Å². The fourth-order valence-corrected chi connectivity index (χ4v) is 3.68. The molecule has 0 saturated carbocycles. The number of rotatable bonds is 5. The van der Waals surface area contributed by atoms with Crippen LogP contribution in [0.4, 0.5) is 0 Å². The minimum Gasteiger partial charge on any atom is -0.493 e. The first kappa shape index (κ1) is 14.3. The maximum atomic E-state index is 9.22. The molecule has 3 nitrogen and oxygen atoms in total. The van der Waals surface area contributed by atoms with Crippen LogP contribution in [0.1, 0.15) is 11.1 Å². The van der Waals surface area contributed by atoms with Crippen molar-refractivity contribution in [2.24, 2.45) is 0 Å². The van der Waals surface area contributed by atoms with Crippen molar-refractivity contribution in [3.8, 4) is 11.5 Å². The number of hydrogen-bond donors (Lipinski definition) is 1. The highest BCUT2D eigenvalue weighted by atomic mass is 32.2. The van der Waals surface area contributed by atoms with Crippen LogP contribution >= 0.6 is 11.8 Å². The molecule has 0 amide bonds. The van der Waals surface area contributed by atoms with Crippen LogP contribution in [-0.2, 0) is 13.0 Å². The van der Waals surface area contributed by atoms with Crippen molar-refractivity contribution in [1.82, 2.24) is 0 Å². The van der Waals surface area contributed by atoms with E-state index < -0.39 is 0 Å². The van der Waals surface area contributed by atoms with Crippen LogP contribution < -0.4 is 9.47 Å². The normalized spacial score (nSPS) is 16.6. The smallest absolute Gasteiger partial charge is 0.161 e. The van der Waals surface area contributed by atoms with E-state index in [9.17, 15) is 5.11 Å². The molecular formula is C17H18O3S. The van der Waals surface area contributed by atoms with Gasteiger partial charge in [0.05, 0.1) is 13.7 Å². The van der Waals surface area contributed by atoms with Gasteiger partial charge >= 0.3 is 0 Å². The zero-order chi connectivity index (χ0) is 14.7. The van der Waals surface area contributed by atoms with E-state index in [1.54, 1.807) is 7.11 Å². The summed E-state index contributed by atoms with van der Waals surface area (Å²) in [5, 5.41) is 9.64. The predicted octanol–water partition coefficient (Wildman–Crippen LogP) is 3.28. The Bertz CT molecular complexity index is 602. The van der Waals surface area contributed by atoms with Gasteiger partial charge in [-0.3, -0.25) is 0 Å². The Kier molecular flexibility index (Phi) is 4.36. The Labute approximate surface area is 128 Å². The number of fused-ring (bicyclic) bond motifs is 1. The summed E-state index contributed by atoms with van der Waals surface area (Å²) in [6, 6.07) is 14.0. The fourth-order valence-electron chi connectivity index (χ4n) is 2.46. The Morgan fingerprint density at radius 2 is 2.05 bits per heavy atom. The highest BCUT2D eigenvalue weighted by Crippen LogP contribution is 2.37. The third-order valence-corrected chi connectivity index (χ3v) is 4.84. The third-order valence-electron chi connectivity index (χ3n) is 3.55. The van der Waals surface area contributed by atoms with Gasteiger partial charge in [0, 0.05) is 10.1 Å². The molecule has 0 radical (unpaired) electrons. The van der Waals surface area contributed by atoms with Gasteiger partial charge in [-0.05, 0) is 35.7 Å². The van der Waals surface area contributed by atoms with E-state index in [-0.39, 0.29) is 6.61 Å². The molecule has 0 spiro atoms. The molecule has 1 aliphatic heterocycles. The van der Waals surface area contributed by atoms with Gasteiger partial charge in [-0.15, -0.1) is 11.8 Å². The Morgan fingerprint density at radius 3 is 2.81 bits per heavy atom. The van der Waals surface area contributed by atoms with Gasteiger partial charge in [0.2, 0.25) is 0 Å². The molecular weight excluding hydrogens is 284 g/mol. The summed E-state index contributed by atoms with van der Waals surface area (Å²) in [7, 11) is 1.63. The summed E-state index contributed by atoms with van der Waals surface area (Å²) >= 11 is 1.86. The van der Waals surface area contributed by atoms with Crippen molar-refractivity contribution in [2.75, 3.05) is 13.7 Å². The second-order valence-corrected chi connectivity index (χ2v) is 6.35. The number of thioether (sulfide) groups is 1. The minimum atomic E-state index is 0.00394. The lowest BCUT2D eigenvalue weighted by Crippen LogP contribution is -2.14. The SMILES string of the molecule is COc1ccc(CO)cc1OCC1Cc2ccccc2S1. The maximum Gasteiger partial charge on any atom is 0.161 e. The lowest BCUT2D eigenvalue weighted by atomic mass is 10.1. The van der Waals surface area contributed by atoms with E-state index in [2.05, 4.69) is 24.3 Å². The molecule has 1 unspecified atom stereocenters. The number of methoxy groups -OCH3 is 1. The molecule has 1 aliphatic rings. The molecule has 4 heteroatoms. The van der Waals surface area contributed by atoms with Gasteiger partial charge in [0.25, 0.3) is 0 Å². The van der Waals surface area contributed by atoms with Gasteiger partial charge < -0.3 is 14.6 Å². The standard InChI is InChI=1S/C17H18O3S/c1-19-15-7-6-12(10-18)8-16(15)20-11-14-9-13-4-2-3-5-17(13)21-14/h2-8,14,18H,9-11H2,1H3. The number of aliphatic hydroxyl groups excluding tert-OH is 1. The van der Waals surface area contributed by atoms with Gasteiger partial charge in [0.1, 0.15) is 6.61 Å². The van der Waals surface area contributed by atoms with Gasteiger partial charge in [-0.25, -0.2) is 0 Å². The van der Waals surface area contributed by atoms with E-state index in [0.717, 1.165) is 12.0 Å². The Balaban J connectivity index is 1.66. The first-order valence-electron chi connectivity index (χ1n) is 6.95. The molecule has 110 valence electrons. The van der Waals surface area contributed by atoms with Crippen LogP contribution in [0, 0.1) is 0 Å². The van der Waals surface area contributed by atoms with E-state index in [4.69, 9.17) is 9.47 Å². The Hall–Kier alpha value is -1.65. The van der Waals surface area contributed by atoms with E-state index >= 15 is 0 Å². The molecule has 1 heterocycles. The largest absolute Gasteiger partial charge is 0.493 e. The topological polar surface area (TPSA) is 38.7 Å². The van der Waals surface area contributed by atoms with Crippen LogP contribution in [0.2, 0.25) is 0 Å². The predicted molar refractivity (Wildman–Crippen MR) is 84.2 cm³/mol. The Morgan fingerprint density at radius 1 is 1.19 bits per heavy atom. The number of hydrogen-bond acceptors (Lipinski definition) is 4. The quantitative estimate of drug-likeness (QED) is 0.920. The molecule has 0 aliphatic carbocycles. The van der Waals surface area contributed by atoms with Gasteiger partial charge in [-0.2, -0.15) is 0 Å². The third kappa shape index (κ3) is 3.17. The van der Waals surface area contributed by atoms with Crippen LogP contribution in [0.5, 0.6) is 11.5 Å². The monoisotopic (exact) mass is 302 g/mol. The van der Waals surface area contributed by atoms with Crippen LogP contribution in [0.3, 0.4) is 0 Å². The summed E-state index contributed by atoms with van der Waals surface area (Å²) in [6.45, 7) is 0.633. The molecule has 21 heavy (non-hydrogen) atoms. The molecule has 1 atom stereocenters. The molecule has 0 fully saturated rings. The molecule has 0 bridgehead atoms. The molecule has 2 aromatic rings. The molecule has 0 aromatic heterocycles. The highest BCUT2D eigenvalue weighted by Gasteiger charge is 2.22. The summed E-state index contributed by atoms with van der Waals surface area (Å²) < 4.78 is 11.2. The van der Waals surface area contributed by atoms with Gasteiger partial charge in [-0.1, -0.05) is 24.3 Å². The lowest BCUT2D eigenvalue weighted by molar-refractivity contribution is 0.275. The second kappa shape index (κ2) is 6.41. The summed E-state index contributed by atoms with van der Waals surface area (Å²) in [5.41, 5.74) is 2.22. The molecule has 1 N–H and O–H groups in total. The summed E-state index contributed by atoms with van der Waals surface area (Å²) in [6.07, 6.45) is 1.03. The first-order chi connectivity index (χ1) is 10.3.